The molecule has 1 N–H and O–H groups in total. The minimum atomic E-state index is -0.991. The SMILES string of the molecule is CCC1(C(=O)O)CCC(c2ccc(OCc3ccccc3F)cc2)=N1. The Labute approximate surface area is 146 Å². The van der Waals surface area contributed by atoms with Crippen molar-refractivity contribution < 1.29 is 19.0 Å². The maximum atomic E-state index is 13.6. The molecule has 0 aliphatic carbocycles. The highest BCUT2D eigenvalue weighted by Crippen LogP contribution is 2.32. The average molecular weight is 341 g/mol. The van der Waals surface area contributed by atoms with Crippen LogP contribution < -0.4 is 4.74 Å². The summed E-state index contributed by atoms with van der Waals surface area (Å²) in [7, 11) is 0. The molecule has 0 radical (unpaired) electrons. The van der Waals surface area contributed by atoms with Gasteiger partial charge in [0.25, 0.3) is 0 Å². The van der Waals surface area contributed by atoms with Crippen molar-refractivity contribution in [2.45, 2.75) is 38.3 Å². The Morgan fingerprint density at radius 3 is 2.56 bits per heavy atom. The van der Waals surface area contributed by atoms with Gasteiger partial charge in [0.05, 0.1) is 0 Å². The van der Waals surface area contributed by atoms with Crippen molar-refractivity contribution in [1.29, 1.82) is 0 Å². The monoisotopic (exact) mass is 341 g/mol. The van der Waals surface area contributed by atoms with Gasteiger partial charge in [0.15, 0.2) is 5.54 Å². The molecule has 3 rings (SSSR count). The summed E-state index contributed by atoms with van der Waals surface area (Å²) in [5.41, 5.74) is 1.22. The van der Waals surface area contributed by atoms with Gasteiger partial charge >= 0.3 is 5.97 Å². The lowest BCUT2D eigenvalue weighted by Gasteiger charge is -2.17. The van der Waals surface area contributed by atoms with Crippen LogP contribution in [0.1, 0.15) is 37.3 Å². The number of carboxylic acid groups (broad SMARTS) is 1. The summed E-state index contributed by atoms with van der Waals surface area (Å²) in [5, 5.41) is 9.42. The van der Waals surface area contributed by atoms with Gasteiger partial charge in [-0.2, -0.15) is 0 Å². The number of ether oxygens (including phenoxy) is 1. The first-order valence-corrected chi connectivity index (χ1v) is 8.33. The van der Waals surface area contributed by atoms with Crippen molar-refractivity contribution in [2.75, 3.05) is 0 Å². The Kier molecular flexibility index (Phi) is 4.83. The van der Waals surface area contributed by atoms with Gasteiger partial charge < -0.3 is 9.84 Å². The van der Waals surface area contributed by atoms with Gasteiger partial charge in [-0.05, 0) is 55.2 Å². The molecule has 0 aromatic heterocycles. The molecule has 1 heterocycles. The molecule has 4 nitrogen and oxygen atoms in total. The Balaban J connectivity index is 1.70. The first-order chi connectivity index (χ1) is 12.0. The number of hydrogen-bond donors (Lipinski definition) is 1. The van der Waals surface area contributed by atoms with Crippen LogP contribution in [0, 0.1) is 5.82 Å². The standard InChI is InChI=1S/C20H20FNO3/c1-2-20(19(23)24)12-11-18(22-20)14-7-9-16(10-8-14)25-13-15-5-3-4-6-17(15)21/h3-10H,2,11-13H2,1H3,(H,23,24). The second-order valence-electron chi connectivity index (χ2n) is 6.15. The number of nitrogens with zero attached hydrogens (tertiary/aromatic N) is 1. The molecular formula is C20H20FNO3. The van der Waals surface area contributed by atoms with Crippen LogP contribution in [0.25, 0.3) is 0 Å². The summed E-state index contributed by atoms with van der Waals surface area (Å²) in [6, 6.07) is 13.8. The fourth-order valence-corrected chi connectivity index (χ4v) is 2.99. The van der Waals surface area contributed by atoms with E-state index in [0.29, 0.717) is 30.6 Å². The van der Waals surface area contributed by atoms with Gasteiger partial charge in [-0.1, -0.05) is 25.1 Å². The zero-order valence-corrected chi connectivity index (χ0v) is 14.0. The largest absolute Gasteiger partial charge is 0.489 e. The predicted molar refractivity (Wildman–Crippen MR) is 93.6 cm³/mol. The molecule has 0 fully saturated rings. The van der Waals surface area contributed by atoms with Crippen LogP contribution in [0.4, 0.5) is 4.39 Å². The van der Waals surface area contributed by atoms with Crippen LogP contribution in [0.2, 0.25) is 0 Å². The summed E-state index contributed by atoms with van der Waals surface area (Å²) in [5.74, 6) is -0.524. The minimum absolute atomic E-state index is 0.158. The third-order valence-electron chi connectivity index (χ3n) is 4.65. The van der Waals surface area contributed by atoms with Crippen LogP contribution >= 0.6 is 0 Å². The van der Waals surface area contributed by atoms with Gasteiger partial charge in [-0.25, -0.2) is 9.18 Å². The lowest BCUT2D eigenvalue weighted by atomic mass is 9.94. The van der Waals surface area contributed by atoms with Gasteiger partial charge in [0.1, 0.15) is 18.2 Å². The van der Waals surface area contributed by atoms with Crippen molar-refractivity contribution in [3.05, 3.63) is 65.5 Å². The minimum Gasteiger partial charge on any atom is -0.489 e. The molecule has 1 aliphatic rings. The number of carbonyl (C=O) groups is 1. The van der Waals surface area contributed by atoms with E-state index in [0.717, 1.165) is 11.3 Å². The van der Waals surface area contributed by atoms with Crippen LogP contribution in [0.5, 0.6) is 5.75 Å². The highest BCUT2D eigenvalue weighted by molar-refractivity contribution is 6.04. The van der Waals surface area contributed by atoms with Crippen molar-refractivity contribution >= 4 is 11.7 Å². The van der Waals surface area contributed by atoms with E-state index in [1.54, 1.807) is 30.3 Å². The average Bonchev–Trinajstić information content (AvgIpc) is 3.08. The second kappa shape index (κ2) is 7.05. The first-order valence-electron chi connectivity index (χ1n) is 8.33. The van der Waals surface area contributed by atoms with Gasteiger partial charge in [-0.3, -0.25) is 4.99 Å². The Bertz CT molecular complexity index is 801. The molecule has 0 saturated heterocycles. The molecule has 0 spiro atoms. The zero-order valence-electron chi connectivity index (χ0n) is 14.0. The first kappa shape index (κ1) is 17.1. The lowest BCUT2D eigenvalue weighted by Crippen LogP contribution is -2.33. The van der Waals surface area contributed by atoms with Gasteiger partial charge in [0.2, 0.25) is 0 Å². The molecule has 25 heavy (non-hydrogen) atoms. The maximum Gasteiger partial charge on any atom is 0.331 e. The van der Waals surface area contributed by atoms with Gasteiger partial charge in [-0.15, -0.1) is 0 Å². The van der Waals surface area contributed by atoms with E-state index in [-0.39, 0.29) is 12.4 Å². The van der Waals surface area contributed by atoms with Crippen LogP contribution in [-0.2, 0) is 11.4 Å². The molecule has 5 heteroatoms. The van der Waals surface area contributed by atoms with E-state index in [9.17, 15) is 14.3 Å². The molecule has 1 aliphatic heterocycles. The van der Waals surface area contributed by atoms with E-state index in [4.69, 9.17) is 4.74 Å². The fraction of sp³-hybridized carbons (Fsp3) is 0.300. The second-order valence-corrected chi connectivity index (χ2v) is 6.15. The summed E-state index contributed by atoms with van der Waals surface area (Å²) in [4.78, 5) is 15.9. The zero-order chi connectivity index (χ0) is 17.9. The van der Waals surface area contributed by atoms with Crippen LogP contribution in [0.3, 0.4) is 0 Å². The topological polar surface area (TPSA) is 58.9 Å². The number of hydrogen-bond acceptors (Lipinski definition) is 3. The Morgan fingerprint density at radius 1 is 1.24 bits per heavy atom. The van der Waals surface area contributed by atoms with Crippen LogP contribution in [0.15, 0.2) is 53.5 Å². The van der Waals surface area contributed by atoms with Crippen LogP contribution in [-0.4, -0.2) is 22.3 Å². The third kappa shape index (κ3) is 3.55. The molecule has 0 amide bonds. The number of halogens is 1. The summed E-state index contributed by atoms with van der Waals surface area (Å²) in [6.45, 7) is 2.01. The number of aliphatic imine (C=N–C) groups is 1. The summed E-state index contributed by atoms with van der Waals surface area (Å²) in [6.07, 6.45) is 1.66. The smallest absolute Gasteiger partial charge is 0.331 e. The van der Waals surface area contributed by atoms with E-state index in [1.165, 1.54) is 6.07 Å². The van der Waals surface area contributed by atoms with E-state index < -0.39 is 11.5 Å². The predicted octanol–water partition coefficient (Wildman–Crippen LogP) is 4.22. The molecule has 0 bridgehead atoms. The summed E-state index contributed by atoms with van der Waals surface area (Å²) >= 11 is 0. The Hall–Kier alpha value is -2.69. The van der Waals surface area contributed by atoms with E-state index in [2.05, 4.69) is 4.99 Å². The van der Waals surface area contributed by atoms with Crippen molar-refractivity contribution in [3.8, 4) is 5.75 Å². The molecule has 130 valence electrons. The molecular weight excluding hydrogens is 321 g/mol. The number of rotatable bonds is 6. The van der Waals surface area contributed by atoms with E-state index in [1.807, 2.05) is 19.1 Å². The number of carboxylic acids is 1. The van der Waals surface area contributed by atoms with Crippen molar-refractivity contribution in [1.82, 2.24) is 0 Å². The molecule has 1 atom stereocenters. The number of benzene rings is 2. The molecule has 0 saturated carbocycles. The molecule has 2 aromatic carbocycles. The highest BCUT2D eigenvalue weighted by atomic mass is 19.1. The molecule has 1 unspecified atom stereocenters. The quantitative estimate of drug-likeness (QED) is 0.856. The Morgan fingerprint density at radius 2 is 1.96 bits per heavy atom. The lowest BCUT2D eigenvalue weighted by molar-refractivity contribution is -0.143. The van der Waals surface area contributed by atoms with E-state index >= 15 is 0 Å². The molecule has 2 aromatic rings. The number of aliphatic carboxylic acids is 1. The highest BCUT2D eigenvalue weighted by Gasteiger charge is 2.40. The summed E-state index contributed by atoms with van der Waals surface area (Å²) < 4.78 is 19.2. The maximum absolute atomic E-state index is 13.6. The fourth-order valence-electron chi connectivity index (χ4n) is 2.99. The normalized spacial score (nSPS) is 19.5. The van der Waals surface area contributed by atoms with Crippen molar-refractivity contribution in [2.24, 2.45) is 4.99 Å². The third-order valence-corrected chi connectivity index (χ3v) is 4.65. The van der Waals surface area contributed by atoms with Gasteiger partial charge in [0, 0.05) is 11.3 Å². The van der Waals surface area contributed by atoms with Crippen molar-refractivity contribution in [3.63, 3.8) is 0 Å².